The molecule has 0 saturated heterocycles. The summed E-state index contributed by atoms with van der Waals surface area (Å²) in [4.78, 5) is 43.6. The van der Waals surface area contributed by atoms with Crippen LogP contribution in [0.3, 0.4) is 0 Å². The average Bonchev–Trinajstić information content (AvgIpc) is 3.20. The second kappa shape index (κ2) is 6.47. The van der Waals surface area contributed by atoms with E-state index in [1.54, 1.807) is 0 Å². The van der Waals surface area contributed by atoms with Crippen molar-refractivity contribution in [3.8, 4) is 0 Å². The molecule has 27 heavy (non-hydrogen) atoms. The maximum atomic E-state index is 12.4. The van der Waals surface area contributed by atoms with Crippen molar-refractivity contribution < 1.29 is 14.5 Å². The van der Waals surface area contributed by atoms with Crippen molar-refractivity contribution in [2.45, 2.75) is 25.9 Å². The summed E-state index contributed by atoms with van der Waals surface area (Å²) in [6.07, 6.45) is 2.88. The fourth-order valence-electron chi connectivity index (χ4n) is 3.16. The Kier molecular flexibility index (Phi) is 4.11. The average molecular weight is 386 g/mol. The number of benzene rings is 1. The van der Waals surface area contributed by atoms with Gasteiger partial charge in [-0.05, 0) is 37.0 Å². The standard InChI is InChI=1S/C17H14N4O5S/c18-10-5-4-8(6-11(10)21(24)25)17(23)26-7-13-19-15(22)14-9-2-1-3-12(9)27-16(14)20-13/h4-6H,1-3,7,18H2,(H,19,20,22). The van der Waals surface area contributed by atoms with Crippen LogP contribution in [-0.4, -0.2) is 20.9 Å². The predicted octanol–water partition coefficient (Wildman–Crippen LogP) is 2.32. The fraction of sp³-hybridized carbons (Fsp3) is 0.235. The molecule has 3 aromatic rings. The molecular weight excluding hydrogens is 372 g/mol. The molecule has 4 rings (SSSR count). The van der Waals surface area contributed by atoms with Crippen LogP contribution in [0.15, 0.2) is 23.0 Å². The molecule has 0 aliphatic heterocycles. The van der Waals surface area contributed by atoms with Gasteiger partial charge in [-0.3, -0.25) is 14.9 Å². The van der Waals surface area contributed by atoms with E-state index in [9.17, 15) is 19.7 Å². The van der Waals surface area contributed by atoms with E-state index in [2.05, 4.69) is 9.97 Å². The Morgan fingerprint density at radius 2 is 2.22 bits per heavy atom. The molecule has 3 N–H and O–H groups in total. The van der Waals surface area contributed by atoms with Crippen molar-refractivity contribution in [3.63, 3.8) is 0 Å². The van der Waals surface area contributed by atoms with E-state index in [4.69, 9.17) is 10.5 Å². The van der Waals surface area contributed by atoms with Crippen LogP contribution >= 0.6 is 11.3 Å². The molecule has 10 heteroatoms. The molecule has 0 atom stereocenters. The molecular formula is C17H14N4O5S. The number of carbonyl (C=O) groups excluding carboxylic acids is 1. The number of nitrogen functional groups attached to an aromatic ring is 1. The van der Waals surface area contributed by atoms with Crippen LogP contribution in [0, 0.1) is 10.1 Å². The third-order valence-corrected chi connectivity index (χ3v) is 5.61. The Bertz CT molecular complexity index is 1150. The first kappa shape index (κ1) is 17.2. The Labute approximate surface area is 155 Å². The molecule has 1 aliphatic carbocycles. The molecule has 1 aromatic carbocycles. The number of ether oxygens (including phenoxy) is 1. The summed E-state index contributed by atoms with van der Waals surface area (Å²) in [7, 11) is 0. The lowest BCUT2D eigenvalue weighted by Crippen LogP contribution is -2.14. The molecule has 9 nitrogen and oxygen atoms in total. The Hall–Kier alpha value is -3.27. The Morgan fingerprint density at radius 3 is 3.00 bits per heavy atom. The van der Waals surface area contributed by atoms with Gasteiger partial charge in [-0.1, -0.05) is 0 Å². The number of fused-ring (bicyclic) bond motifs is 3. The fourth-order valence-corrected chi connectivity index (χ4v) is 4.44. The number of nitrogens with two attached hydrogens (primary N) is 1. The van der Waals surface area contributed by atoms with Crippen molar-refractivity contribution in [1.82, 2.24) is 9.97 Å². The number of hydrogen-bond donors (Lipinski definition) is 2. The van der Waals surface area contributed by atoms with Crippen molar-refractivity contribution in [1.29, 1.82) is 0 Å². The number of H-pyrrole nitrogens is 1. The number of nitro benzene ring substituents is 1. The summed E-state index contributed by atoms with van der Waals surface area (Å²) >= 11 is 1.49. The molecule has 2 heterocycles. The molecule has 1 aliphatic rings. The van der Waals surface area contributed by atoms with E-state index in [1.807, 2.05) is 0 Å². The zero-order valence-corrected chi connectivity index (χ0v) is 14.8. The number of aromatic nitrogens is 2. The number of aryl methyl sites for hydroxylation is 2. The summed E-state index contributed by atoms with van der Waals surface area (Å²) < 4.78 is 5.14. The van der Waals surface area contributed by atoms with Crippen molar-refractivity contribution in [2.24, 2.45) is 0 Å². The first-order valence-electron chi connectivity index (χ1n) is 8.18. The molecule has 0 amide bonds. The molecule has 0 fully saturated rings. The second-order valence-corrected chi connectivity index (χ2v) is 7.24. The summed E-state index contributed by atoms with van der Waals surface area (Å²) in [6, 6.07) is 3.67. The number of hydrogen-bond acceptors (Lipinski definition) is 8. The molecule has 138 valence electrons. The number of rotatable bonds is 4. The molecule has 0 bridgehead atoms. The van der Waals surface area contributed by atoms with Crippen LogP contribution in [0.2, 0.25) is 0 Å². The van der Waals surface area contributed by atoms with Crippen molar-refractivity contribution in [3.05, 3.63) is 60.5 Å². The van der Waals surface area contributed by atoms with E-state index in [0.717, 1.165) is 30.9 Å². The number of esters is 1. The molecule has 0 radical (unpaired) electrons. The number of carbonyl (C=O) groups is 1. The van der Waals surface area contributed by atoms with Crippen molar-refractivity contribution in [2.75, 3.05) is 5.73 Å². The van der Waals surface area contributed by atoms with Gasteiger partial charge in [-0.2, -0.15) is 0 Å². The highest BCUT2D eigenvalue weighted by Crippen LogP contribution is 2.34. The van der Waals surface area contributed by atoms with E-state index in [1.165, 1.54) is 28.3 Å². The van der Waals surface area contributed by atoms with Crippen LogP contribution in [0.25, 0.3) is 10.2 Å². The zero-order chi connectivity index (χ0) is 19.1. The number of nitro groups is 1. The van der Waals surface area contributed by atoms with E-state index < -0.39 is 10.9 Å². The van der Waals surface area contributed by atoms with Crippen LogP contribution in [0.1, 0.15) is 33.0 Å². The quantitative estimate of drug-likeness (QED) is 0.303. The molecule has 0 spiro atoms. The van der Waals surface area contributed by atoms with Crippen LogP contribution in [0.4, 0.5) is 11.4 Å². The topological polar surface area (TPSA) is 141 Å². The van der Waals surface area contributed by atoms with Gasteiger partial charge in [0.1, 0.15) is 22.9 Å². The first-order valence-corrected chi connectivity index (χ1v) is 9.00. The predicted molar refractivity (Wildman–Crippen MR) is 98.9 cm³/mol. The minimum absolute atomic E-state index is 0.00516. The minimum atomic E-state index is -0.769. The van der Waals surface area contributed by atoms with E-state index in [0.29, 0.717) is 10.2 Å². The van der Waals surface area contributed by atoms with Gasteiger partial charge in [0, 0.05) is 10.9 Å². The summed E-state index contributed by atoms with van der Waals surface area (Å²) in [6.45, 7) is -0.245. The lowest BCUT2D eigenvalue weighted by atomic mass is 10.2. The first-order chi connectivity index (χ1) is 12.9. The lowest BCUT2D eigenvalue weighted by molar-refractivity contribution is -0.383. The third-order valence-electron chi connectivity index (χ3n) is 4.43. The van der Waals surface area contributed by atoms with E-state index >= 15 is 0 Å². The second-order valence-electron chi connectivity index (χ2n) is 6.16. The SMILES string of the molecule is Nc1ccc(C(=O)OCc2nc3sc4c(c3c(=O)[nH]2)CCC4)cc1[N+](=O)[O-]. The summed E-state index contributed by atoms with van der Waals surface area (Å²) in [5.41, 5.74) is 5.92. The van der Waals surface area contributed by atoms with Crippen LogP contribution in [-0.2, 0) is 24.2 Å². The van der Waals surface area contributed by atoms with Gasteiger partial charge < -0.3 is 15.5 Å². The number of thiophene rings is 1. The Morgan fingerprint density at radius 1 is 1.41 bits per heavy atom. The number of nitrogens with one attached hydrogen (secondary N) is 1. The van der Waals surface area contributed by atoms with Crippen LogP contribution < -0.4 is 11.3 Å². The monoisotopic (exact) mass is 386 g/mol. The summed E-state index contributed by atoms with van der Waals surface area (Å²) in [5, 5.41) is 11.5. The maximum Gasteiger partial charge on any atom is 0.338 e. The van der Waals surface area contributed by atoms with Gasteiger partial charge >= 0.3 is 5.97 Å². The number of nitrogens with zero attached hydrogens (tertiary/aromatic N) is 2. The van der Waals surface area contributed by atoms with Crippen molar-refractivity contribution >= 4 is 38.9 Å². The highest BCUT2D eigenvalue weighted by atomic mass is 32.1. The van der Waals surface area contributed by atoms with Gasteiger partial charge in [0.15, 0.2) is 0 Å². The minimum Gasteiger partial charge on any atom is -0.454 e. The largest absolute Gasteiger partial charge is 0.454 e. The zero-order valence-electron chi connectivity index (χ0n) is 14.0. The summed E-state index contributed by atoms with van der Waals surface area (Å²) in [5.74, 6) is -0.541. The maximum absolute atomic E-state index is 12.4. The Balaban J connectivity index is 1.55. The number of aromatic amines is 1. The van der Waals surface area contributed by atoms with Gasteiger partial charge in [0.25, 0.3) is 11.2 Å². The highest BCUT2D eigenvalue weighted by molar-refractivity contribution is 7.18. The molecule has 0 saturated carbocycles. The van der Waals surface area contributed by atoms with Gasteiger partial charge in [0.05, 0.1) is 15.9 Å². The third kappa shape index (κ3) is 3.04. The van der Waals surface area contributed by atoms with Gasteiger partial charge in [-0.25, -0.2) is 9.78 Å². The van der Waals surface area contributed by atoms with Crippen LogP contribution in [0.5, 0.6) is 0 Å². The smallest absolute Gasteiger partial charge is 0.338 e. The van der Waals surface area contributed by atoms with E-state index in [-0.39, 0.29) is 34.9 Å². The van der Waals surface area contributed by atoms with Gasteiger partial charge in [-0.15, -0.1) is 11.3 Å². The molecule has 2 aromatic heterocycles. The lowest BCUT2D eigenvalue weighted by Gasteiger charge is -2.05. The highest BCUT2D eigenvalue weighted by Gasteiger charge is 2.22. The molecule has 0 unspecified atom stereocenters. The number of anilines is 1. The normalized spacial score (nSPS) is 12.9. The van der Waals surface area contributed by atoms with Gasteiger partial charge in [0.2, 0.25) is 0 Å².